The molecule has 0 amide bonds. The van der Waals surface area contributed by atoms with E-state index in [-0.39, 0.29) is 0 Å². The molecule has 0 unspecified atom stereocenters. The summed E-state index contributed by atoms with van der Waals surface area (Å²) in [5.74, 6) is 0. The van der Waals surface area contributed by atoms with Crippen LogP contribution in [0.15, 0.2) is 32.6 Å². The topological polar surface area (TPSA) is 49.4 Å². The Morgan fingerprint density at radius 1 is 1.30 bits per heavy atom. The van der Waals surface area contributed by atoms with Gasteiger partial charge in [-0.3, -0.25) is 0 Å². The molecule has 10 heavy (non-hydrogen) atoms. The summed E-state index contributed by atoms with van der Waals surface area (Å²) in [6.07, 6.45) is 0. The molecule has 0 fully saturated rings. The SMILES string of the molecule is C=C(C)CN=NCN=NC. The standard InChI is InChI=1S/C6H12N4/c1-6(2)4-8-10-5-9-7-3/h1,4-5H2,2-3H3. The van der Waals surface area contributed by atoms with Crippen molar-refractivity contribution in [2.45, 2.75) is 6.92 Å². The molecule has 56 valence electrons. The van der Waals surface area contributed by atoms with Crippen molar-refractivity contribution in [3.63, 3.8) is 0 Å². The zero-order chi connectivity index (χ0) is 7.82. The molecule has 0 spiro atoms. The van der Waals surface area contributed by atoms with Crippen LogP contribution in [0, 0.1) is 0 Å². The predicted molar refractivity (Wildman–Crippen MR) is 40.2 cm³/mol. The van der Waals surface area contributed by atoms with E-state index in [1.807, 2.05) is 6.92 Å². The van der Waals surface area contributed by atoms with E-state index >= 15 is 0 Å². The minimum atomic E-state index is 0.323. The lowest BCUT2D eigenvalue weighted by atomic mass is 10.4. The van der Waals surface area contributed by atoms with Crippen LogP contribution >= 0.6 is 0 Å². The Morgan fingerprint density at radius 2 is 2.00 bits per heavy atom. The van der Waals surface area contributed by atoms with Crippen LogP contribution in [0.2, 0.25) is 0 Å². The lowest BCUT2D eigenvalue weighted by Gasteiger charge is -1.86. The number of azo groups is 2. The van der Waals surface area contributed by atoms with Gasteiger partial charge in [-0.2, -0.15) is 20.5 Å². The molecule has 0 aromatic rings. The third kappa shape index (κ3) is 6.94. The Kier molecular flexibility index (Phi) is 5.42. The van der Waals surface area contributed by atoms with Crippen LogP contribution in [-0.4, -0.2) is 20.3 Å². The Morgan fingerprint density at radius 3 is 2.50 bits per heavy atom. The molecule has 0 aliphatic carbocycles. The van der Waals surface area contributed by atoms with Crippen LogP contribution in [0.3, 0.4) is 0 Å². The fourth-order valence-electron chi connectivity index (χ4n) is 0.307. The molecule has 0 N–H and O–H groups in total. The monoisotopic (exact) mass is 140 g/mol. The molecular formula is C6H12N4. The second-order valence-corrected chi connectivity index (χ2v) is 1.88. The van der Waals surface area contributed by atoms with Crippen molar-refractivity contribution >= 4 is 0 Å². The molecule has 0 rings (SSSR count). The number of nitrogens with zero attached hydrogens (tertiary/aromatic N) is 4. The summed E-state index contributed by atoms with van der Waals surface area (Å²) >= 11 is 0. The quantitative estimate of drug-likeness (QED) is 0.424. The van der Waals surface area contributed by atoms with E-state index in [1.165, 1.54) is 0 Å². The summed E-state index contributed by atoms with van der Waals surface area (Å²) in [6, 6.07) is 0. The van der Waals surface area contributed by atoms with Crippen LogP contribution < -0.4 is 0 Å². The van der Waals surface area contributed by atoms with Crippen molar-refractivity contribution in [1.82, 2.24) is 0 Å². The minimum absolute atomic E-state index is 0.323. The van der Waals surface area contributed by atoms with Gasteiger partial charge in [0.1, 0.15) is 0 Å². The molecule has 0 aromatic heterocycles. The zero-order valence-electron chi connectivity index (χ0n) is 6.41. The summed E-state index contributed by atoms with van der Waals surface area (Å²) in [5.41, 5.74) is 0.997. The first-order valence-corrected chi connectivity index (χ1v) is 3.00. The van der Waals surface area contributed by atoms with Crippen LogP contribution in [0.5, 0.6) is 0 Å². The molecule has 0 atom stereocenters. The fraction of sp³-hybridized carbons (Fsp3) is 0.667. The molecule has 0 aliphatic rings. The first-order chi connectivity index (χ1) is 4.77. The summed E-state index contributed by atoms with van der Waals surface area (Å²) in [4.78, 5) is 0. The molecular weight excluding hydrogens is 128 g/mol. The van der Waals surface area contributed by atoms with Crippen molar-refractivity contribution in [2.75, 3.05) is 20.3 Å². The normalized spacial score (nSPS) is 11.4. The van der Waals surface area contributed by atoms with Gasteiger partial charge in [0.25, 0.3) is 0 Å². The summed E-state index contributed by atoms with van der Waals surface area (Å²) in [5, 5.41) is 14.6. The van der Waals surface area contributed by atoms with Crippen molar-refractivity contribution in [3.8, 4) is 0 Å². The third-order valence-corrected chi connectivity index (χ3v) is 0.709. The highest BCUT2D eigenvalue weighted by Gasteiger charge is 1.78. The summed E-state index contributed by atoms with van der Waals surface area (Å²) in [6.45, 7) is 6.47. The van der Waals surface area contributed by atoms with Gasteiger partial charge in [-0.05, 0) is 6.92 Å². The smallest absolute Gasteiger partial charge is 0.170 e. The van der Waals surface area contributed by atoms with Gasteiger partial charge < -0.3 is 0 Å². The lowest BCUT2D eigenvalue weighted by Crippen LogP contribution is -1.78. The van der Waals surface area contributed by atoms with Crippen LogP contribution in [0.4, 0.5) is 0 Å². The Balaban J connectivity index is 3.29. The molecule has 4 nitrogen and oxygen atoms in total. The third-order valence-electron chi connectivity index (χ3n) is 0.709. The van der Waals surface area contributed by atoms with Crippen LogP contribution in [-0.2, 0) is 0 Å². The molecule has 0 bridgehead atoms. The van der Waals surface area contributed by atoms with E-state index in [0.29, 0.717) is 13.2 Å². The van der Waals surface area contributed by atoms with E-state index < -0.39 is 0 Å². The lowest BCUT2D eigenvalue weighted by molar-refractivity contribution is 0.847. The van der Waals surface area contributed by atoms with E-state index in [1.54, 1.807) is 7.05 Å². The Labute approximate surface area is 60.8 Å². The molecule has 4 heteroatoms. The van der Waals surface area contributed by atoms with Gasteiger partial charge in [0, 0.05) is 7.05 Å². The van der Waals surface area contributed by atoms with Crippen molar-refractivity contribution in [2.24, 2.45) is 20.5 Å². The van der Waals surface area contributed by atoms with Gasteiger partial charge >= 0.3 is 0 Å². The maximum absolute atomic E-state index is 3.78. The Hall–Kier alpha value is -1.06. The predicted octanol–water partition coefficient (Wildman–Crippen LogP) is 2.05. The number of hydrogen-bond donors (Lipinski definition) is 0. The summed E-state index contributed by atoms with van der Waals surface area (Å²) < 4.78 is 0. The van der Waals surface area contributed by atoms with Crippen LogP contribution in [0.1, 0.15) is 6.92 Å². The second-order valence-electron chi connectivity index (χ2n) is 1.88. The van der Waals surface area contributed by atoms with E-state index in [0.717, 1.165) is 5.57 Å². The zero-order valence-corrected chi connectivity index (χ0v) is 6.41. The summed E-state index contributed by atoms with van der Waals surface area (Å²) in [7, 11) is 1.61. The molecule has 0 saturated carbocycles. The van der Waals surface area contributed by atoms with Gasteiger partial charge in [0.15, 0.2) is 6.67 Å². The second kappa shape index (κ2) is 6.07. The Bertz CT molecular complexity index is 148. The minimum Gasteiger partial charge on any atom is -0.196 e. The average Bonchev–Trinajstić information content (AvgIpc) is 1.87. The maximum atomic E-state index is 3.78. The fourth-order valence-corrected chi connectivity index (χ4v) is 0.307. The van der Waals surface area contributed by atoms with Gasteiger partial charge in [-0.25, -0.2) is 0 Å². The van der Waals surface area contributed by atoms with E-state index in [2.05, 4.69) is 27.0 Å². The highest BCUT2D eigenvalue weighted by molar-refractivity contribution is 4.89. The molecule has 0 radical (unpaired) electrons. The average molecular weight is 140 g/mol. The van der Waals surface area contributed by atoms with E-state index in [4.69, 9.17) is 0 Å². The molecule has 0 heterocycles. The highest BCUT2D eigenvalue weighted by atomic mass is 15.2. The van der Waals surface area contributed by atoms with Gasteiger partial charge in [0.05, 0.1) is 6.54 Å². The van der Waals surface area contributed by atoms with Crippen molar-refractivity contribution in [3.05, 3.63) is 12.2 Å². The van der Waals surface area contributed by atoms with Gasteiger partial charge in [-0.15, -0.1) is 0 Å². The largest absolute Gasteiger partial charge is 0.196 e. The molecule has 0 aromatic carbocycles. The van der Waals surface area contributed by atoms with Crippen molar-refractivity contribution in [1.29, 1.82) is 0 Å². The van der Waals surface area contributed by atoms with Gasteiger partial charge in [0.2, 0.25) is 0 Å². The first-order valence-electron chi connectivity index (χ1n) is 3.00. The highest BCUT2D eigenvalue weighted by Crippen LogP contribution is 1.87. The molecule has 0 saturated heterocycles. The van der Waals surface area contributed by atoms with E-state index in [9.17, 15) is 0 Å². The van der Waals surface area contributed by atoms with Gasteiger partial charge in [-0.1, -0.05) is 12.2 Å². The number of rotatable bonds is 4. The van der Waals surface area contributed by atoms with Crippen LogP contribution in [0.25, 0.3) is 0 Å². The number of hydrogen-bond acceptors (Lipinski definition) is 4. The maximum Gasteiger partial charge on any atom is 0.170 e. The first kappa shape index (κ1) is 8.94. The molecule has 0 aliphatic heterocycles. The van der Waals surface area contributed by atoms with Crippen molar-refractivity contribution < 1.29 is 0 Å².